The molecule has 1 heterocycles. The lowest BCUT2D eigenvalue weighted by Gasteiger charge is -2.14. The Morgan fingerprint density at radius 3 is 2.62 bits per heavy atom. The van der Waals surface area contributed by atoms with Gasteiger partial charge in [-0.05, 0) is 31.2 Å². The molecule has 0 bridgehead atoms. The van der Waals surface area contributed by atoms with Gasteiger partial charge >= 0.3 is 11.7 Å². The first-order chi connectivity index (χ1) is 12.3. The number of benzene rings is 1. The Balaban J connectivity index is 2.15. The first-order valence-electron chi connectivity index (χ1n) is 7.27. The molecular formula is C16H14ClN3O6. The second kappa shape index (κ2) is 8.26. The summed E-state index contributed by atoms with van der Waals surface area (Å²) in [6.07, 6.45) is 0.300. The Morgan fingerprint density at radius 1 is 1.31 bits per heavy atom. The van der Waals surface area contributed by atoms with E-state index in [-0.39, 0.29) is 17.1 Å². The van der Waals surface area contributed by atoms with Crippen LogP contribution in [0.4, 0.5) is 11.5 Å². The molecule has 0 aliphatic rings. The molecule has 0 saturated heterocycles. The van der Waals surface area contributed by atoms with Crippen LogP contribution < -0.4 is 10.1 Å². The number of carbonyl (C=O) groups excluding carboxylic acids is 2. The van der Waals surface area contributed by atoms with E-state index in [1.807, 2.05) is 0 Å². The van der Waals surface area contributed by atoms with Crippen molar-refractivity contribution in [1.29, 1.82) is 0 Å². The van der Waals surface area contributed by atoms with Crippen LogP contribution in [0.15, 0.2) is 36.5 Å². The molecule has 10 heteroatoms. The van der Waals surface area contributed by atoms with Crippen molar-refractivity contribution in [2.24, 2.45) is 0 Å². The lowest BCUT2D eigenvalue weighted by Crippen LogP contribution is -2.30. The SMILES string of the molecule is COC(=O)c1ccc(O[C@H](C)C(=O)Nc2ccc(Cl)cn2)c([N+](=O)[O-])c1. The third-order valence-corrected chi connectivity index (χ3v) is 3.45. The fourth-order valence-corrected chi connectivity index (χ4v) is 2.04. The number of rotatable bonds is 6. The van der Waals surface area contributed by atoms with Crippen molar-refractivity contribution in [2.45, 2.75) is 13.0 Å². The van der Waals surface area contributed by atoms with Crippen molar-refractivity contribution in [3.05, 3.63) is 57.2 Å². The Hall–Kier alpha value is -3.20. The van der Waals surface area contributed by atoms with Gasteiger partial charge in [-0.3, -0.25) is 14.9 Å². The molecule has 0 saturated carbocycles. The summed E-state index contributed by atoms with van der Waals surface area (Å²) >= 11 is 5.71. The molecule has 1 aromatic heterocycles. The van der Waals surface area contributed by atoms with Crippen molar-refractivity contribution in [3.63, 3.8) is 0 Å². The molecule has 1 aromatic carbocycles. The summed E-state index contributed by atoms with van der Waals surface area (Å²) in [6, 6.07) is 6.60. The predicted octanol–water partition coefficient (Wildman–Crippen LogP) is 2.84. The van der Waals surface area contributed by atoms with Gasteiger partial charge in [0.1, 0.15) is 5.82 Å². The van der Waals surface area contributed by atoms with Gasteiger partial charge in [0.05, 0.1) is 22.6 Å². The van der Waals surface area contributed by atoms with Gasteiger partial charge in [-0.15, -0.1) is 0 Å². The summed E-state index contributed by atoms with van der Waals surface area (Å²) in [5.41, 5.74) is -0.466. The highest BCUT2D eigenvalue weighted by Gasteiger charge is 2.23. The van der Waals surface area contributed by atoms with Crippen LogP contribution in [-0.4, -0.2) is 35.0 Å². The number of aromatic nitrogens is 1. The maximum Gasteiger partial charge on any atom is 0.338 e. The molecule has 0 aliphatic heterocycles. The third kappa shape index (κ3) is 4.67. The molecule has 0 aliphatic carbocycles. The van der Waals surface area contributed by atoms with Gasteiger partial charge in [0.25, 0.3) is 5.91 Å². The summed E-state index contributed by atoms with van der Waals surface area (Å²) in [5.74, 6) is -1.19. The van der Waals surface area contributed by atoms with E-state index in [2.05, 4.69) is 15.0 Å². The normalized spacial score (nSPS) is 11.3. The lowest BCUT2D eigenvalue weighted by atomic mass is 10.2. The molecule has 9 nitrogen and oxygen atoms in total. The molecule has 1 N–H and O–H groups in total. The third-order valence-electron chi connectivity index (χ3n) is 3.23. The quantitative estimate of drug-likeness (QED) is 0.465. The van der Waals surface area contributed by atoms with Crippen LogP contribution in [-0.2, 0) is 9.53 Å². The van der Waals surface area contributed by atoms with E-state index in [0.717, 1.165) is 13.2 Å². The first kappa shape index (κ1) is 19.1. The molecule has 2 rings (SSSR count). The highest BCUT2D eigenvalue weighted by molar-refractivity contribution is 6.30. The second-order valence-electron chi connectivity index (χ2n) is 5.04. The van der Waals surface area contributed by atoms with Crippen LogP contribution in [0, 0.1) is 10.1 Å². The van der Waals surface area contributed by atoms with E-state index in [1.165, 1.54) is 31.3 Å². The summed E-state index contributed by atoms with van der Waals surface area (Å²) < 4.78 is 9.90. The number of hydrogen-bond donors (Lipinski definition) is 1. The number of esters is 1. The zero-order valence-electron chi connectivity index (χ0n) is 13.8. The van der Waals surface area contributed by atoms with Crippen molar-refractivity contribution in [1.82, 2.24) is 4.98 Å². The van der Waals surface area contributed by atoms with Gasteiger partial charge in [-0.2, -0.15) is 0 Å². The molecule has 0 spiro atoms. The zero-order valence-corrected chi connectivity index (χ0v) is 14.5. The average molecular weight is 380 g/mol. The topological polar surface area (TPSA) is 121 Å². The fourth-order valence-electron chi connectivity index (χ4n) is 1.93. The number of carbonyl (C=O) groups is 2. The number of nitro groups is 1. The van der Waals surface area contributed by atoms with Crippen LogP contribution in [0.3, 0.4) is 0 Å². The van der Waals surface area contributed by atoms with Gasteiger partial charge in [0, 0.05) is 12.3 Å². The minimum absolute atomic E-state index is 0.00554. The molecule has 1 amide bonds. The molecule has 26 heavy (non-hydrogen) atoms. The van der Waals surface area contributed by atoms with E-state index >= 15 is 0 Å². The number of ether oxygens (including phenoxy) is 2. The van der Waals surface area contributed by atoms with Gasteiger partial charge in [-0.25, -0.2) is 9.78 Å². The molecule has 0 fully saturated rings. The molecule has 136 valence electrons. The Labute approximate surface area is 153 Å². The molecule has 0 radical (unpaired) electrons. The summed E-state index contributed by atoms with van der Waals surface area (Å²) in [7, 11) is 1.16. The number of anilines is 1. The maximum absolute atomic E-state index is 12.2. The number of pyridine rings is 1. The fraction of sp³-hybridized carbons (Fsp3) is 0.188. The maximum atomic E-state index is 12.2. The van der Waals surface area contributed by atoms with Crippen molar-refractivity contribution < 1.29 is 24.0 Å². The highest BCUT2D eigenvalue weighted by Crippen LogP contribution is 2.29. The van der Waals surface area contributed by atoms with Crippen molar-refractivity contribution >= 4 is 35.0 Å². The number of amides is 1. The number of nitro benzene ring substituents is 1. The van der Waals surface area contributed by atoms with Gasteiger partial charge < -0.3 is 14.8 Å². The number of methoxy groups -OCH3 is 1. The zero-order chi connectivity index (χ0) is 19.3. The largest absolute Gasteiger partial charge is 0.474 e. The number of halogens is 1. The van der Waals surface area contributed by atoms with E-state index in [9.17, 15) is 19.7 Å². The van der Waals surface area contributed by atoms with Gasteiger partial charge in [0.2, 0.25) is 0 Å². The van der Waals surface area contributed by atoms with E-state index in [0.29, 0.717) is 5.02 Å². The molecule has 1 atom stereocenters. The molecule has 0 unspecified atom stereocenters. The second-order valence-corrected chi connectivity index (χ2v) is 5.48. The van der Waals surface area contributed by atoms with Crippen molar-refractivity contribution in [2.75, 3.05) is 12.4 Å². The smallest absolute Gasteiger partial charge is 0.338 e. The van der Waals surface area contributed by atoms with E-state index < -0.39 is 28.6 Å². The number of nitrogens with zero attached hydrogens (tertiary/aromatic N) is 2. The minimum atomic E-state index is -1.06. The highest BCUT2D eigenvalue weighted by atomic mass is 35.5. The lowest BCUT2D eigenvalue weighted by molar-refractivity contribution is -0.386. The Morgan fingerprint density at radius 2 is 2.04 bits per heavy atom. The van der Waals surface area contributed by atoms with Crippen LogP contribution in [0.5, 0.6) is 5.75 Å². The van der Waals surface area contributed by atoms with Crippen LogP contribution in [0.1, 0.15) is 17.3 Å². The first-order valence-corrected chi connectivity index (χ1v) is 7.65. The Kier molecular flexibility index (Phi) is 6.07. The summed E-state index contributed by atoms with van der Waals surface area (Å²) in [6.45, 7) is 1.42. The van der Waals surface area contributed by atoms with Gasteiger partial charge in [-0.1, -0.05) is 11.6 Å². The van der Waals surface area contributed by atoms with Crippen LogP contribution in [0.25, 0.3) is 0 Å². The van der Waals surface area contributed by atoms with Gasteiger partial charge in [0.15, 0.2) is 11.9 Å². The summed E-state index contributed by atoms with van der Waals surface area (Å²) in [4.78, 5) is 38.1. The molecular weight excluding hydrogens is 366 g/mol. The Bertz CT molecular complexity index is 840. The minimum Gasteiger partial charge on any atom is -0.474 e. The average Bonchev–Trinajstić information content (AvgIpc) is 2.62. The van der Waals surface area contributed by atoms with Crippen LogP contribution in [0.2, 0.25) is 5.02 Å². The van der Waals surface area contributed by atoms with E-state index in [1.54, 1.807) is 6.07 Å². The van der Waals surface area contributed by atoms with E-state index in [4.69, 9.17) is 16.3 Å². The predicted molar refractivity (Wildman–Crippen MR) is 92.4 cm³/mol. The standard InChI is InChI=1S/C16H14ClN3O6/c1-9(15(21)19-14-6-4-11(17)8-18-14)26-13-5-3-10(16(22)25-2)7-12(13)20(23)24/h3-9H,1-2H3,(H,18,19,21)/t9-/m1/s1. The monoisotopic (exact) mass is 379 g/mol. The molecule has 2 aromatic rings. The number of hydrogen-bond acceptors (Lipinski definition) is 7. The van der Waals surface area contributed by atoms with Crippen LogP contribution >= 0.6 is 11.6 Å². The van der Waals surface area contributed by atoms with Crippen molar-refractivity contribution in [3.8, 4) is 5.75 Å². The number of nitrogens with one attached hydrogen (secondary N) is 1. The summed E-state index contributed by atoms with van der Waals surface area (Å²) in [5, 5.41) is 14.1.